The molecule has 2 amide bonds. The monoisotopic (exact) mass is 467 g/mol. The van der Waals surface area contributed by atoms with Crippen molar-refractivity contribution in [1.82, 2.24) is 10.7 Å². The molecule has 0 heterocycles. The van der Waals surface area contributed by atoms with E-state index in [1.54, 1.807) is 6.07 Å². The summed E-state index contributed by atoms with van der Waals surface area (Å²) in [5.74, 6) is -2.78. The molecule has 0 aliphatic carbocycles. The average Bonchev–Trinajstić information content (AvgIpc) is 2.83. The van der Waals surface area contributed by atoms with Crippen LogP contribution in [0.15, 0.2) is 71.8 Å². The standard InChI is InChI=1S/C24H19F2N3O5/c1-33-21-10-15(8-9-20(21)34-24(32)17-5-3-7-19(26)12-17)13-28-29-22(30)14-27-23(31)16-4-2-6-18(25)11-16/h2-13H,14H2,1H3,(H,27,31)(H,29,30)/b28-13+. The quantitative estimate of drug-likeness (QED) is 0.229. The van der Waals surface area contributed by atoms with Crippen molar-refractivity contribution in [3.8, 4) is 11.5 Å². The van der Waals surface area contributed by atoms with Crippen molar-refractivity contribution in [2.24, 2.45) is 5.10 Å². The highest BCUT2D eigenvalue weighted by Gasteiger charge is 2.13. The van der Waals surface area contributed by atoms with Crippen molar-refractivity contribution in [1.29, 1.82) is 0 Å². The van der Waals surface area contributed by atoms with Crippen molar-refractivity contribution >= 4 is 24.0 Å². The fourth-order valence-corrected chi connectivity index (χ4v) is 2.73. The number of hydrogen-bond donors (Lipinski definition) is 2. The molecule has 0 saturated carbocycles. The maximum atomic E-state index is 13.3. The summed E-state index contributed by atoms with van der Waals surface area (Å²) in [5, 5.41) is 6.14. The van der Waals surface area contributed by atoms with Crippen molar-refractivity contribution in [3.63, 3.8) is 0 Å². The average molecular weight is 467 g/mol. The number of carbonyl (C=O) groups is 3. The third-order valence-corrected chi connectivity index (χ3v) is 4.35. The number of nitrogens with zero attached hydrogens (tertiary/aromatic N) is 1. The highest BCUT2D eigenvalue weighted by molar-refractivity contribution is 5.96. The van der Waals surface area contributed by atoms with E-state index < -0.39 is 29.4 Å². The molecule has 2 N–H and O–H groups in total. The van der Waals surface area contributed by atoms with Crippen LogP contribution in [0.1, 0.15) is 26.3 Å². The Balaban J connectivity index is 1.54. The molecule has 0 spiro atoms. The van der Waals surface area contributed by atoms with Gasteiger partial charge in [-0.25, -0.2) is 19.0 Å². The second-order valence-corrected chi connectivity index (χ2v) is 6.80. The van der Waals surface area contributed by atoms with Gasteiger partial charge in [-0.05, 0) is 60.2 Å². The summed E-state index contributed by atoms with van der Waals surface area (Å²) < 4.78 is 37.0. The molecular weight excluding hydrogens is 448 g/mol. The number of nitrogens with one attached hydrogen (secondary N) is 2. The number of hydrogen-bond acceptors (Lipinski definition) is 6. The van der Waals surface area contributed by atoms with E-state index in [1.165, 1.54) is 61.9 Å². The molecule has 8 nitrogen and oxygen atoms in total. The minimum Gasteiger partial charge on any atom is -0.493 e. The van der Waals surface area contributed by atoms with Crippen LogP contribution in [-0.2, 0) is 4.79 Å². The van der Waals surface area contributed by atoms with E-state index in [4.69, 9.17) is 9.47 Å². The molecule has 10 heteroatoms. The van der Waals surface area contributed by atoms with Gasteiger partial charge in [0.1, 0.15) is 11.6 Å². The van der Waals surface area contributed by atoms with E-state index >= 15 is 0 Å². The van der Waals surface area contributed by atoms with Crippen LogP contribution in [0.25, 0.3) is 0 Å². The van der Waals surface area contributed by atoms with Crippen LogP contribution in [0.4, 0.5) is 8.78 Å². The Hall–Kier alpha value is -4.60. The van der Waals surface area contributed by atoms with E-state index in [9.17, 15) is 23.2 Å². The van der Waals surface area contributed by atoms with E-state index in [-0.39, 0.29) is 29.2 Å². The molecule has 0 unspecified atom stereocenters. The summed E-state index contributed by atoms with van der Waals surface area (Å²) >= 11 is 0. The van der Waals surface area contributed by atoms with Crippen molar-refractivity contribution < 1.29 is 32.6 Å². The summed E-state index contributed by atoms with van der Waals surface area (Å²) in [7, 11) is 1.37. The number of amides is 2. The molecule has 34 heavy (non-hydrogen) atoms. The van der Waals surface area contributed by atoms with Crippen molar-refractivity contribution in [3.05, 3.63) is 95.1 Å². The van der Waals surface area contributed by atoms with E-state index in [0.29, 0.717) is 5.56 Å². The van der Waals surface area contributed by atoms with Crippen LogP contribution < -0.4 is 20.2 Å². The molecule has 0 aliphatic heterocycles. The van der Waals surface area contributed by atoms with Gasteiger partial charge in [0.25, 0.3) is 11.8 Å². The van der Waals surface area contributed by atoms with Gasteiger partial charge in [0.05, 0.1) is 25.4 Å². The third-order valence-electron chi connectivity index (χ3n) is 4.35. The topological polar surface area (TPSA) is 106 Å². The Morgan fingerprint density at radius 3 is 2.26 bits per heavy atom. The molecule has 0 aromatic heterocycles. The maximum absolute atomic E-state index is 13.3. The number of ether oxygens (including phenoxy) is 2. The normalized spacial score (nSPS) is 10.6. The first kappa shape index (κ1) is 24.1. The number of benzene rings is 3. The van der Waals surface area contributed by atoms with Crippen LogP contribution in [-0.4, -0.2) is 37.7 Å². The Morgan fingerprint density at radius 1 is 0.912 bits per heavy atom. The molecule has 3 aromatic rings. The largest absolute Gasteiger partial charge is 0.493 e. The van der Waals surface area contributed by atoms with Gasteiger partial charge in [0.15, 0.2) is 11.5 Å². The summed E-state index contributed by atoms with van der Waals surface area (Å²) in [6.07, 6.45) is 1.31. The van der Waals surface area contributed by atoms with Crippen LogP contribution in [0.5, 0.6) is 11.5 Å². The number of rotatable bonds is 8. The van der Waals surface area contributed by atoms with Crippen molar-refractivity contribution in [2.75, 3.05) is 13.7 Å². The Labute approximate surface area is 193 Å². The molecule has 174 valence electrons. The zero-order valence-corrected chi connectivity index (χ0v) is 17.9. The molecule has 3 aromatic carbocycles. The highest BCUT2D eigenvalue weighted by Crippen LogP contribution is 2.28. The van der Waals surface area contributed by atoms with Crippen LogP contribution in [0, 0.1) is 11.6 Å². The number of esters is 1. The van der Waals surface area contributed by atoms with E-state index in [2.05, 4.69) is 15.8 Å². The number of carbonyl (C=O) groups excluding carboxylic acids is 3. The highest BCUT2D eigenvalue weighted by atomic mass is 19.1. The minimum atomic E-state index is -0.758. The van der Waals surface area contributed by atoms with Gasteiger partial charge in [-0.3, -0.25) is 9.59 Å². The van der Waals surface area contributed by atoms with E-state index in [1.807, 2.05) is 0 Å². The van der Waals surface area contributed by atoms with Gasteiger partial charge < -0.3 is 14.8 Å². The maximum Gasteiger partial charge on any atom is 0.343 e. The zero-order valence-electron chi connectivity index (χ0n) is 17.9. The van der Waals surface area contributed by atoms with Crippen LogP contribution in [0.3, 0.4) is 0 Å². The predicted molar refractivity (Wildman–Crippen MR) is 119 cm³/mol. The zero-order chi connectivity index (χ0) is 24.5. The Bertz CT molecular complexity index is 1250. The first-order chi connectivity index (χ1) is 16.4. The lowest BCUT2D eigenvalue weighted by atomic mass is 10.2. The van der Waals surface area contributed by atoms with Crippen LogP contribution >= 0.6 is 0 Å². The van der Waals surface area contributed by atoms with E-state index in [0.717, 1.165) is 12.1 Å². The molecule has 0 radical (unpaired) electrons. The number of hydrazone groups is 1. The molecule has 0 aliphatic rings. The predicted octanol–water partition coefficient (Wildman–Crippen LogP) is 3.07. The fourth-order valence-electron chi connectivity index (χ4n) is 2.73. The summed E-state index contributed by atoms with van der Waals surface area (Å²) in [5.41, 5.74) is 2.87. The number of halogens is 2. The first-order valence-electron chi connectivity index (χ1n) is 9.87. The van der Waals surface area contributed by atoms with Gasteiger partial charge in [-0.2, -0.15) is 5.10 Å². The summed E-state index contributed by atoms with van der Waals surface area (Å²) in [4.78, 5) is 36.0. The van der Waals surface area contributed by atoms with Crippen LogP contribution in [0.2, 0.25) is 0 Å². The fraction of sp³-hybridized carbons (Fsp3) is 0.0833. The first-order valence-corrected chi connectivity index (χ1v) is 9.87. The molecule has 0 atom stereocenters. The SMILES string of the molecule is COc1cc(/C=N/NC(=O)CNC(=O)c2cccc(F)c2)ccc1OC(=O)c1cccc(F)c1. The van der Waals surface area contributed by atoms with Gasteiger partial charge in [-0.1, -0.05) is 12.1 Å². The summed E-state index contributed by atoms with van der Waals surface area (Å²) in [6, 6.07) is 14.7. The van der Waals surface area contributed by atoms with Crippen molar-refractivity contribution in [2.45, 2.75) is 0 Å². The molecule has 0 fully saturated rings. The minimum absolute atomic E-state index is 0.0416. The third kappa shape index (κ3) is 6.70. The van der Waals surface area contributed by atoms with Gasteiger partial charge in [0.2, 0.25) is 0 Å². The molecular formula is C24H19F2N3O5. The lowest BCUT2D eigenvalue weighted by Crippen LogP contribution is -2.34. The second kappa shape index (κ2) is 11.3. The van der Waals surface area contributed by atoms with Gasteiger partial charge in [-0.15, -0.1) is 0 Å². The Morgan fingerprint density at radius 2 is 1.59 bits per heavy atom. The summed E-state index contributed by atoms with van der Waals surface area (Å²) in [6.45, 7) is -0.370. The number of methoxy groups -OCH3 is 1. The Kier molecular flexibility index (Phi) is 8.01. The van der Waals surface area contributed by atoms with Gasteiger partial charge >= 0.3 is 5.97 Å². The lowest BCUT2D eigenvalue weighted by Gasteiger charge is -2.10. The molecule has 0 bridgehead atoms. The molecule has 0 saturated heterocycles. The smallest absolute Gasteiger partial charge is 0.343 e. The van der Waals surface area contributed by atoms with Gasteiger partial charge in [0, 0.05) is 5.56 Å². The second-order valence-electron chi connectivity index (χ2n) is 6.80. The molecule has 3 rings (SSSR count). The lowest BCUT2D eigenvalue weighted by molar-refractivity contribution is -0.120.